The maximum Gasteiger partial charge on any atom is 0.309 e. The van der Waals surface area contributed by atoms with Crippen LogP contribution in [0, 0.1) is 5.92 Å². The first-order valence-electron chi connectivity index (χ1n) is 6.69. The minimum Gasteiger partial charge on any atom is -0.481 e. The van der Waals surface area contributed by atoms with Crippen LogP contribution in [0.3, 0.4) is 0 Å². The summed E-state index contributed by atoms with van der Waals surface area (Å²) in [6.45, 7) is -0.128. The fourth-order valence-corrected chi connectivity index (χ4v) is 2.77. The van der Waals surface area contributed by atoms with Crippen molar-refractivity contribution < 1.29 is 24.9 Å². The van der Waals surface area contributed by atoms with Crippen LogP contribution in [0.1, 0.15) is 41.6 Å². The molecule has 0 aromatic heterocycles. The molecule has 3 N–H and O–H groups in total. The van der Waals surface area contributed by atoms with E-state index in [1.807, 2.05) is 0 Å². The van der Waals surface area contributed by atoms with E-state index in [1.54, 1.807) is 12.1 Å². The second kappa shape index (κ2) is 5.73. The number of aliphatic carboxylic acids is 1. The van der Waals surface area contributed by atoms with Gasteiger partial charge in [-0.3, -0.25) is 9.59 Å². The maximum atomic E-state index is 12.5. The highest BCUT2D eigenvalue weighted by molar-refractivity contribution is 6.04. The van der Waals surface area contributed by atoms with Gasteiger partial charge in [0.05, 0.1) is 12.5 Å². The monoisotopic (exact) mass is 278 g/mol. The van der Waals surface area contributed by atoms with Crippen LogP contribution in [0.4, 0.5) is 0 Å². The average Bonchev–Trinajstić information content (AvgIpc) is 2.46. The Hall–Kier alpha value is -1.72. The molecule has 0 aliphatic heterocycles. The van der Waals surface area contributed by atoms with Gasteiger partial charge < -0.3 is 15.3 Å². The van der Waals surface area contributed by atoms with Crippen LogP contribution < -0.4 is 0 Å². The molecule has 0 amide bonds. The minimum absolute atomic E-state index is 0.128. The number of benzene rings is 1. The van der Waals surface area contributed by atoms with Crippen molar-refractivity contribution in [3.8, 4) is 0 Å². The molecule has 0 spiro atoms. The lowest BCUT2D eigenvalue weighted by molar-refractivity contribution is -0.151. The number of ketones is 1. The molecule has 0 saturated heterocycles. The molecule has 0 heterocycles. The standard InChI is InChI=1S/C15H18O5/c16-9-10-4-6-11(7-5-10)13(17)15(20)8-2-1-3-12(15)14(18)19/h4-7,12,16,20H,1-3,8-9H2,(H,18,19). The minimum atomic E-state index is -1.83. The molecular weight excluding hydrogens is 260 g/mol. The Labute approximate surface area is 116 Å². The van der Waals surface area contributed by atoms with Crippen molar-refractivity contribution in [2.75, 3.05) is 0 Å². The van der Waals surface area contributed by atoms with Gasteiger partial charge in [-0.2, -0.15) is 0 Å². The lowest BCUT2D eigenvalue weighted by Crippen LogP contribution is -2.51. The fraction of sp³-hybridized carbons (Fsp3) is 0.467. The van der Waals surface area contributed by atoms with Gasteiger partial charge in [-0.05, 0) is 18.4 Å². The van der Waals surface area contributed by atoms with Gasteiger partial charge in [-0.25, -0.2) is 0 Å². The molecule has 20 heavy (non-hydrogen) atoms. The molecule has 1 saturated carbocycles. The molecule has 2 atom stereocenters. The zero-order valence-corrected chi connectivity index (χ0v) is 11.1. The van der Waals surface area contributed by atoms with Gasteiger partial charge in [0, 0.05) is 5.56 Å². The Morgan fingerprint density at radius 2 is 1.85 bits per heavy atom. The van der Waals surface area contributed by atoms with Crippen molar-refractivity contribution in [3.05, 3.63) is 35.4 Å². The van der Waals surface area contributed by atoms with Gasteiger partial charge >= 0.3 is 5.97 Å². The molecular formula is C15H18O5. The number of carboxylic acids is 1. The highest BCUT2D eigenvalue weighted by Crippen LogP contribution is 2.36. The summed E-state index contributed by atoms with van der Waals surface area (Å²) < 4.78 is 0. The molecule has 1 aliphatic carbocycles. The molecule has 1 aromatic carbocycles. The normalized spacial score (nSPS) is 26.2. The number of Topliss-reactive ketones (excluding diaryl/α,β-unsaturated/α-hetero) is 1. The molecule has 5 nitrogen and oxygen atoms in total. The van der Waals surface area contributed by atoms with Crippen molar-refractivity contribution in [1.29, 1.82) is 0 Å². The zero-order valence-electron chi connectivity index (χ0n) is 11.1. The van der Waals surface area contributed by atoms with Crippen molar-refractivity contribution in [3.63, 3.8) is 0 Å². The lowest BCUT2D eigenvalue weighted by Gasteiger charge is -2.36. The van der Waals surface area contributed by atoms with E-state index in [4.69, 9.17) is 5.11 Å². The topological polar surface area (TPSA) is 94.8 Å². The molecule has 108 valence electrons. The summed E-state index contributed by atoms with van der Waals surface area (Å²) >= 11 is 0. The van der Waals surface area contributed by atoms with Crippen LogP contribution in [-0.2, 0) is 11.4 Å². The van der Waals surface area contributed by atoms with Gasteiger partial charge in [0.1, 0.15) is 5.60 Å². The largest absolute Gasteiger partial charge is 0.481 e. The molecule has 1 aromatic rings. The van der Waals surface area contributed by atoms with Crippen LogP contribution in [0.15, 0.2) is 24.3 Å². The predicted molar refractivity (Wildman–Crippen MR) is 71.2 cm³/mol. The third-order valence-corrected chi connectivity index (χ3v) is 3.97. The molecule has 2 unspecified atom stereocenters. The number of aliphatic hydroxyl groups is 2. The molecule has 0 radical (unpaired) electrons. The van der Waals surface area contributed by atoms with Gasteiger partial charge in [0.25, 0.3) is 0 Å². The smallest absolute Gasteiger partial charge is 0.309 e. The first-order chi connectivity index (χ1) is 9.49. The van der Waals surface area contributed by atoms with E-state index >= 15 is 0 Å². The van der Waals surface area contributed by atoms with E-state index in [-0.39, 0.29) is 18.6 Å². The Kier molecular flexibility index (Phi) is 4.20. The highest BCUT2D eigenvalue weighted by Gasteiger charge is 2.49. The van der Waals surface area contributed by atoms with Gasteiger partial charge in [0.2, 0.25) is 0 Å². The summed E-state index contributed by atoms with van der Waals surface area (Å²) in [5.74, 6) is -2.73. The van der Waals surface area contributed by atoms with E-state index < -0.39 is 23.3 Å². The first kappa shape index (κ1) is 14.7. The van der Waals surface area contributed by atoms with Crippen LogP contribution in [0.5, 0.6) is 0 Å². The summed E-state index contributed by atoms with van der Waals surface area (Å²) in [6, 6.07) is 6.21. The first-order valence-corrected chi connectivity index (χ1v) is 6.69. The third kappa shape index (κ3) is 2.59. The van der Waals surface area contributed by atoms with Gasteiger partial charge in [-0.15, -0.1) is 0 Å². The van der Waals surface area contributed by atoms with Crippen molar-refractivity contribution in [2.45, 2.75) is 37.9 Å². The summed E-state index contributed by atoms with van der Waals surface area (Å²) in [5.41, 5.74) is -0.894. The molecule has 1 aliphatic rings. The number of carbonyl (C=O) groups is 2. The van der Waals surface area contributed by atoms with Crippen LogP contribution >= 0.6 is 0 Å². The Bertz CT molecular complexity index is 508. The predicted octanol–water partition coefficient (Wildman–Crippen LogP) is 1.37. The maximum absolute atomic E-state index is 12.5. The van der Waals surface area contributed by atoms with Crippen LogP contribution in [0.25, 0.3) is 0 Å². The van der Waals surface area contributed by atoms with Gasteiger partial charge in [0.15, 0.2) is 5.78 Å². The number of hydrogen-bond donors (Lipinski definition) is 3. The quantitative estimate of drug-likeness (QED) is 0.723. The average molecular weight is 278 g/mol. The summed E-state index contributed by atoms with van der Waals surface area (Å²) in [6.07, 6.45) is 1.83. The molecule has 5 heteroatoms. The Morgan fingerprint density at radius 3 is 2.40 bits per heavy atom. The van der Waals surface area contributed by atoms with E-state index in [2.05, 4.69) is 0 Å². The second-order valence-electron chi connectivity index (χ2n) is 5.25. The Morgan fingerprint density at radius 1 is 1.20 bits per heavy atom. The number of aliphatic hydroxyl groups excluding tert-OH is 1. The summed E-state index contributed by atoms with van der Waals surface area (Å²) in [5, 5.41) is 28.7. The number of hydrogen-bond acceptors (Lipinski definition) is 4. The second-order valence-corrected chi connectivity index (χ2v) is 5.25. The zero-order chi connectivity index (χ0) is 14.8. The molecule has 1 fully saturated rings. The summed E-state index contributed by atoms with van der Waals surface area (Å²) in [7, 11) is 0. The SMILES string of the molecule is O=C(O)C1CCCCC1(O)C(=O)c1ccc(CO)cc1. The van der Waals surface area contributed by atoms with E-state index in [0.717, 1.165) is 0 Å². The van der Waals surface area contributed by atoms with Crippen molar-refractivity contribution >= 4 is 11.8 Å². The van der Waals surface area contributed by atoms with Crippen LogP contribution in [-0.4, -0.2) is 32.7 Å². The third-order valence-electron chi connectivity index (χ3n) is 3.97. The Balaban J connectivity index is 2.30. The number of carbonyl (C=O) groups excluding carboxylic acids is 1. The molecule has 2 rings (SSSR count). The number of carboxylic acid groups (broad SMARTS) is 1. The summed E-state index contributed by atoms with van der Waals surface area (Å²) in [4.78, 5) is 23.7. The highest BCUT2D eigenvalue weighted by atomic mass is 16.4. The number of rotatable bonds is 4. The van der Waals surface area contributed by atoms with E-state index in [9.17, 15) is 19.8 Å². The van der Waals surface area contributed by atoms with Gasteiger partial charge in [-0.1, -0.05) is 37.1 Å². The van der Waals surface area contributed by atoms with Crippen LogP contribution in [0.2, 0.25) is 0 Å². The fourth-order valence-electron chi connectivity index (χ4n) is 2.77. The van der Waals surface area contributed by atoms with E-state index in [0.29, 0.717) is 24.8 Å². The van der Waals surface area contributed by atoms with E-state index in [1.165, 1.54) is 12.1 Å². The van der Waals surface area contributed by atoms with Crippen molar-refractivity contribution in [2.24, 2.45) is 5.92 Å². The lowest BCUT2D eigenvalue weighted by atomic mass is 9.71. The van der Waals surface area contributed by atoms with Crippen molar-refractivity contribution in [1.82, 2.24) is 0 Å². The molecule has 0 bridgehead atoms.